The number of likely N-dealkylation sites (tertiary alicyclic amines) is 1. The average Bonchev–Trinajstić information content (AvgIpc) is 2.92. The Bertz CT molecular complexity index is 1190. The Hall–Kier alpha value is -2.83. The molecule has 4 rings (SSSR count). The fraction of sp³-hybridized carbons (Fsp3) is 0.481. The molecular formula is C27H32F3N5O2S2. The second-order valence-corrected chi connectivity index (χ2v) is 10.9. The molecule has 2 aromatic rings. The number of aryl methyl sites for hydroxylation is 1. The van der Waals surface area contributed by atoms with Crippen molar-refractivity contribution in [1.82, 2.24) is 14.7 Å². The molecule has 2 aromatic carbocycles. The summed E-state index contributed by atoms with van der Waals surface area (Å²) in [6.45, 7) is 8.00. The maximum atomic E-state index is 13.3. The number of anilines is 1. The maximum absolute atomic E-state index is 13.3. The Balaban J connectivity index is 1.19. The standard InChI is InChI=1S/C27H32F3N5O2S2/c1-19-2-4-20(5-3-19)26(39)34-16-14-32(15-17-34)11-10-25(38)33-12-8-21(9-13-33)31-22-6-7-24(35(36)37)23(18-22)27(28,29)30/h2-7,18,21,31H,8-17H2,1H3. The number of alkyl halides is 3. The van der Waals surface area contributed by atoms with Crippen molar-refractivity contribution in [3.63, 3.8) is 0 Å². The smallest absolute Gasteiger partial charge is 0.382 e. The number of nitro groups is 1. The van der Waals surface area contributed by atoms with Crippen LogP contribution in [0.5, 0.6) is 0 Å². The molecule has 0 aromatic heterocycles. The predicted molar refractivity (Wildman–Crippen MR) is 154 cm³/mol. The van der Waals surface area contributed by atoms with Gasteiger partial charge in [0.1, 0.15) is 10.6 Å². The molecule has 0 spiro atoms. The predicted octanol–water partition coefficient (Wildman–Crippen LogP) is 5.51. The molecule has 0 aliphatic carbocycles. The summed E-state index contributed by atoms with van der Waals surface area (Å²) in [5.74, 6) is 0. The van der Waals surface area contributed by atoms with Crippen molar-refractivity contribution in [2.75, 3.05) is 51.1 Å². The molecule has 2 saturated heterocycles. The van der Waals surface area contributed by atoms with E-state index in [1.807, 2.05) is 0 Å². The lowest BCUT2D eigenvalue weighted by Gasteiger charge is -2.38. The number of piperidine rings is 1. The highest BCUT2D eigenvalue weighted by molar-refractivity contribution is 7.80. The van der Waals surface area contributed by atoms with E-state index < -0.39 is 22.4 Å². The van der Waals surface area contributed by atoms with Gasteiger partial charge in [-0.2, -0.15) is 13.2 Å². The highest BCUT2D eigenvalue weighted by Crippen LogP contribution is 2.38. The number of nitro benzene ring substituents is 1. The van der Waals surface area contributed by atoms with Crippen molar-refractivity contribution in [2.45, 2.75) is 38.4 Å². The van der Waals surface area contributed by atoms with E-state index in [-0.39, 0.29) is 11.7 Å². The van der Waals surface area contributed by atoms with Gasteiger partial charge < -0.3 is 15.1 Å². The third kappa shape index (κ3) is 7.64. The number of piperazine rings is 1. The number of nitrogens with one attached hydrogen (secondary N) is 1. The molecule has 2 aliphatic rings. The van der Waals surface area contributed by atoms with Crippen molar-refractivity contribution < 1.29 is 18.1 Å². The minimum absolute atomic E-state index is 0.0305. The zero-order valence-electron chi connectivity index (χ0n) is 21.7. The Labute approximate surface area is 237 Å². The number of nitrogens with zero attached hydrogens (tertiary/aromatic N) is 4. The quantitative estimate of drug-likeness (QED) is 0.262. The van der Waals surface area contributed by atoms with Gasteiger partial charge in [0.05, 0.1) is 9.91 Å². The van der Waals surface area contributed by atoms with Crippen LogP contribution in [0.25, 0.3) is 0 Å². The molecule has 0 atom stereocenters. The summed E-state index contributed by atoms with van der Waals surface area (Å²) in [5.41, 5.74) is 0.344. The van der Waals surface area contributed by atoms with Crippen LogP contribution >= 0.6 is 24.4 Å². The van der Waals surface area contributed by atoms with Crippen molar-refractivity contribution in [3.05, 3.63) is 69.3 Å². The zero-order valence-corrected chi connectivity index (χ0v) is 23.4. The number of rotatable bonds is 7. The molecule has 0 bridgehead atoms. The first kappa shape index (κ1) is 29.2. The summed E-state index contributed by atoms with van der Waals surface area (Å²) in [5, 5.41) is 14.1. The van der Waals surface area contributed by atoms with Crippen LogP contribution < -0.4 is 5.32 Å². The Morgan fingerprint density at radius 1 is 1.00 bits per heavy atom. The molecule has 2 heterocycles. The molecule has 0 unspecified atom stereocenters. The second-order valence-electron chi connectivity index (χ2n) is 10.0. The highest BCUT2D eigenvalue weighted by atomic mass is 32.1. The summed E-state index contributed by atoms with van der Waals surface area (Å²) in [7, 11) is 0. The van der Waals surface area contributed by atoms with Crippen molar-refractivity contribution in [3.8, 4) is 0 Å². The van der Waals surface area contributed by atoms with Crippen molar-refractivity contribution in [2.24, 2.45) is 0 Å². The van der Waals surface area contributed by atoms with E-state index in [9.17, 15) is 23.3 Å². The molecule has 2 fully saturated rings. The van der Waals surface area contributed by atoms with E-state index in [1.54, 1.807) is 0 Å². The van der Waals surface area contributed by atoms with Crippen LogP contribution in [-0.4, -0.2) is 81.5 Å². The minimum atomic E-state index is -4.80. The summed E-state index contributed by atoms with van der Waals surface area (Å²) >= 11 is 11.4. The van der Waals surface area contributed by atoms with Crippen LogP contribution in [0.3, 0.4) is 0 Å². The number of benzene rings is 2. The number of hydrogen-bond acceptors (Lipinski definition) is 6. The zero-order chi connectivity index (χ0) is 28.2. The van der Waals surface area contributed by atoms with Gasteiger partial charge in [0, 0.05) is 75.6 Å². The summed E-state index contributed by atoms with van der Waals surface area (Å²) in [6, 6.07) is 11.3. The fourth-order valence-electron chi connectivity index (χ4n) is 4.99. The van der Waals surface area contributed by atoms with Gasteiger partial charge >= 0.3 is 6.18 Å². The van der Waals surface area contributed by atoms with E-state index in [2.05, 4.69) is 51.2 Å². The summed E-state index contributed by atoms with van der Waals surface area (Å²) in [6.07, 6.45) is -2.58. The molecule has 0 saturated carbocycles. The van der Waals surface area contributed by atoms with Crippen molar-refractivity contribution >= 4 is 45.8 Å². The van der Waals surface area contributed by atoms with Gasteiger partial charge in [-0.25, -0.2) is 0 Å². The third-order valence-corrected chi connectivity index (χ3v) is 8.27. The molecule has 2 aliphatic heterocycles. The van der Waals surface area contributed by atoms with E-state index in [0.29, 0.717) is 25.9 Å². The van der Waals surface area contributed by atoms with Crippen LogP contribution in [0.2, 0.25) is 0 Å². The lowest BCUT2D eigenvalue weighted by atomic mass is 10.0. The van der Waals surface area contributed by atoms with Gasteiger partial charge in [-0.1, -0.05) is 54.3 Å². The van der Waals surface area contributed by atoms with E-state index in [1.165, 1.54) is 11.6 Å². The first-order valence-corrected chi connectivity index (χ1v) is 13.8. The lowest BCUT2D eigenvalue weighted by Crippen LogP contribution is -2.49. The molecule has 0 radical (unpaired) electrons. The Morgan fingerprint density at radius 2 is 1.64 bits per heavy atom. The number of halogens is 3. The van der Waals surface area contributed by atoms with E-state index >= 15 is 0 Å². The average molecular weight is 580 g/mol. The molecule has 0 amide bonds. The molecular weight excluding hydrogens is 547 g/mol. The van der Waals surface area contributed by atoms with Crippen LogP contribution in [0, 0.1) is 17.0 Å². The first-order valence-electron chi connectivity index (χ1n) is 13.0. The van der Waals surface area contributed by atoms with Crippen LogP contribution in [0.4, 0.5) is 24.5 Å². The number of hydrogen-bond donors (Lipinski definition) is 1. The van der Waals surface area contributed by atoms with Gasteiger partial charge in [0.25, 0.3) is 5.69 Å². The van der Waals surface area contributed by atoms with Crippen LogP contribution in [0.15, 0.2) is 42.5 Å². The topological polar surface area (TPSA) is 64.9 Å². The highest BCUT2D eigenvalue weighted by Gasteiger charge is 2.38. The largest absolute Gasteiger partial charge is 0.423 e. The van der Waals surface area contributed by atoms with Gasteiger partial charge in [-0.15, -0.1) is 0 Å². The summed E-state index contributed by atoms with van der Waals surface area (Å²) in [4.78, 5) is 18.6. The molecule has 7 nitrogen and oxygen atoms in total. The maximum Gasteiger partial charge on any atom is 0.423 e. The van der Waals surface area contributed by atoms with Crippen molar-refractivity contribution in [1.29, 1.82) is 0 Å². The van der Waals surface area contributed by atoms with Gasteiger partial charge in [-0.3, -0.25) is 15.0 Å². The molecule has 210 valence electrons. The monoisotopic (exact) mass is 579 g/mol. The molecule has 12 heteroatoms. The SMILES string of the molecule is Cc1ccc(C(=S)N2CCN(CCC(=S)N3CCC(Nc4ccc([N+](=O)[O-])c(C(F)(F)F)c4)CC3)CC2)cc1. The normalized spacial score (nSPS) is 17.2. The fourth-order valence-corrected chi connectivity index (χ4v) is 5.58. The van der Waals surface area contributed by atoms with Crippen LogP contribution in [0.1, 0.15) is 36.0 Å². The van der Waals surface area contributed by atoms with Gasteiger partial charge in [-0.05, 0) is 31.9 Å². The second kappa shape index (κ2) is 12.6. The molecule has 39 heavy (non-hydrogen) atoms. The van der Waals surface area contributed by atoms with Crippen LogP contribution in [-0.2, 0) is 6.18 Å². The first-order chi connectivity index (χ1) is 18.5. The Morgan fingerprint density at radius 3 is 2.23 bits per heavy atom. The number of thiocarbonyl (C=S) groups is 2. The lowest BCUT2D eigenvalue weighted by molar-refractivity contribution is -0.388. The van der Waals surface area contributed by atoms with Gasteiger partial charge in [0.2, 0.25) is 0 Å². The Kier molecular flexibility index (Phi) is 9.39. The van der Waals surface area contributed by atoms with E-state index in [4.69, 9.17) is 24.4 Å². The van der Waals surface area contributed by atoms with Gasteiger partial charge in [0.15, 0.2) is 0 Å². The third-order valence-electron chi connectivity index (χ3n) is 7.32. The summed E-state index contributed by atoms with van der Waals surface area (Å²) < 4.78 is 39.9. The minimum Gasteiger partial charge on any atom is -0.382 e. The van der Waals surface area contributed by atoms with E-state index in [0.717, 1.165) is 66.8 Å². The molecule has 1 N–H and O–H groups in total.